The van der Waals surface area contributed by atoms with Crippen molar-refractivity contribution in [1.29, 1.82) is 0 Å². The van der Waals surface area contributed by atoms with Crippen molar-refractivity contribution in [2.45, 2.75) is 19.8 Å². The maximum atomic E-state index is 12.1. The first kappa shape index (κ1) is 17.9. The van der Waals surface area contributed by atoms with E-state index in [9.17, 15) is 4.79 Å². The molecular weight excluding hydrogens is 359 g/mol. The minimum absolute atomic E-state index is 0.0920. The quantitative estimate of drug-likeness (QED) is 0.802. The number of halogens is 2. The number of rotatable bonds is 5. The molecule has 132 valence electrons. The van der Waals surface area contributed by atoms with Gasteiger partial charge in [-0.3, -0.25) is 4.79 Å². The number of anilines is 2. The van der Waals surface area contributed by atoms with Crippen LogP contribution in [0.1, 0.15) is 18.4 Å². The van der Waals surface area contributed by atoms with Crippen molar-refractivity contribution in [3.63, 3.8) is 0 Å². The van der Waals surface area contributed by atoms with E-state index in [0.29, 0.717) is 15.8 Å². The number of hydrogen-bond donors (Lipinski definition) is 1. The molecule has 1 aliphatic rings. The molecule has 6 heteroatoms. The summed E-state index contributed by atoms with van der Waals surface area (Å²) in [6, 6.07) is 11.0. The van der Waals surface area contributed by atoms with Crippen LogP contribution in [0.5, 0.6) is 5.75 Å². The lowest BCUT2D eigenvalue weighted by Gasteiger charge is -2.19. The number of carbonyl (C=O) groups is 1. The first-order chi connectivity index (χ1) is 12.0. The highest BCUT2D eigenvalue weighted by Gasteiger charge is 2.14. The van der Waals surface area contributed by atoms with Crippen molar-refractivity contribution >= 4 is 40.5 Å². The third-order valence-corrected chi connectivity index (χ3v) is 4.96. The lowest BCUT2D eigenvalue weighted by Crippen LogP contribution is -2.21. The van der Waals surface area contributed by atoms with Crippen molar-refractivity contribution in [1.82, 2.24) is 0 Å². The van der Waals surface area contributed by atoms with Gasteiger partial charge < -0.3 is 15.0 Å². The lowest BCUT2D eigenvalue weighted by atomic mass is 10.1. The van der Waals surface area contributed by atoms with E-state index in [1.165, 1.54) is 18.5 Å². The van der Waals surface area contributed by atoms with E-state index in [0.717, 1.165) is 24.3 Å². The second-order valence-corrected chi connectivity index (χ2v) is 6.92. The molecule has 2 aromatic rings. The summed E-state index contributed by atoms with van der Waals surface area (Å²) in [7, 11) is 0. The van der Waals surface area contributed by atoms with E-state index in [1.54, 1.807) is 18.2 Å². The number of aryl methyl sites for hydroxylation is 1. The highest BCUT2D eigenvalue weighted by molar-refractivity contribution is 6.42. The van der Waals surface area contributed by atoms with Crippen LogP contribution in [0.15, 0.2) is 36.4 Å². The van der Waals surface area contributed by atoms with E-state index >= 15 is 0 Å². The van der Waals surface area contributed by atoms with Crippen LogP contribution in [0, 0.1) is 6.92 Å². The predicted octanol–water partition coefficient (Wildman–Crippen LogP) is 4.92. The van der Waals surface area contributed by atoms with E-state index in [-0.39, 0.29) is 12.5 Å². The molecule has 0 bridgehead atoms. The zero-order valence-electron chi connectivity index (χ0n) is 14.0. The summed E-state index contributed by atoms with van der Waals surface area (Å²) in [6.45, 7) is 4.10. The van der Waals surface area contributed by atoms with Gasteiger partial charge in [0.05, 0.1) is 10.0 Å². The maximum absolute atomic E-state index is 12.1. The largest absolute Gasteiger partial charge is 0.484 e. The molecule has 1 fully saturated rings. The highest BCUT2D eigenvalue weighted by Crippen LogP contribution is 2.27. The topological polar surface area (TPSA) is 41.6 Å². The Labute approximate surface area is 157 Å². The third-order valence-electron chi connectivity index (χ3n) is 4.22. The number of hydrogen-bond acceptors (Lipinski definition) is 3. The Balaban J connectivity index is 1.57. The van der Waals surface area contributed by atoms with Crippen molar-refractivity contribution < 1.29 is 9.53 Å². The Morgan fingerprint density at radius 3 is 2.56 bits per heavy atom. The predicted molar refractivity (Wildman–Crippen MR) is 103 cm³/mol. The Morgan fingerprint density at radius 2 is 1.88 bits per heavy atom. The van der Waals surface area contributed by atoms with Crippen LogP contribution in [0.4, 0.5) is 11.4 Å². The minimum atomic E-state index is -0.219. The molecule has 1 saturated heterocycles. The molecule has 0 aliphatic carbocycles. The van der Waals surface area contributed by atoms with Crippen LogP contribution in [0.25, 0.3) is 0 Å². The summed E-state index contributed by atoms with van der Waals surface area (Å²) in [6.07, 6.45) is 2.48. The normalized spacial score (nSPS) is 13.8. The molecule has 0 unspecified atom stereocenters. The molecule has 0 atom stereocenters. The minimum Gasteiger partial charge on any atom is -0.484 e. The maximum Gasteiger partial charge on any atom is 0.262 e. The highest BCUT2D eigenvalue weighted by atomic mass is 35.5. The van der Waals surface area contributed by atoms with Crippen LogP contribution >= 0.6 is 23.2 Å². The molecule has 2 aromatic carbocycles. The fourth-order valence-corrected chi connectivity index (χ4v) is 3.15. The standard InChI is InChI=1S/C19H20Cl2N2O2/c1-13-10-14(23-8-2-3-9-23)4-7-18(13)22-19(24)12-25-15-5-6-16(20)17(21)11-15/h4-7,10-11H,2-3,8-9,12H2,1H3,(H,22,24). The van der Waals surface area contributed by atoms with E-state index in [2.05, 4.69) is 16.3 Å². The van der Waals surface area contributed by atoms with Crippen molar-refractivity contribution in [2.75, 3.05) is 29.9 Å². The van der Waals surface area contributed by atoms with Gasteiger partial charge in [0.1, 0.15) is 5.75 Å². The average Bonchev–Trinajstić information content (AvgIpc) is 3.12. The van der Waals surface area contributed by atoms with Gasteiger partial charge in [-0.25, -0.2) is 0 Å². The second kappa shape index (κ2) is 7.98. The molecule has 0 radical (unpaired) electrons. The molecule has 1 heterocycles. The number of nitrogens with zero attached hydrogens (tertiary/aromatic N) is 1. The summed E-state index contributed by atoms with van der Waals surface area (Å²) < 4.78 is 5.46. The second-order valence-electron chi connectivity index (χ2n) is 6.11. The third kappa shape index (κ3) is 4.59. The fraction of sp³-hybridized carbons (Fsp3) is 0.316. The van der Waals surface area contributed by atoms with Crippen LogP contribution in [0.3, 0.4) is 0 Å². The first-order valence-corrected chi connectivity index (χ1v) is 9.02. The van der Waals surface area contributed by atoms with Gasteiger partial charge >= 0.3 is 0 Å². The summed E-state index contributed by atoms with van der Waals surface area (Å²) in [5, 5.41) is 3.73. The van der Waals surface area contributed by atoms with Crippen molar-refractivity contribution in [2.24, 2.45) is 0 Å². The fourth-order valence-electron chi connectivity index (χ4n) is 2.86. The lowest BCUT2D eigenvalue weighted by molar-refractivity contribution is -0.118. The molecule has 1 N–H and O–H groups in total. The SMILES string of the molecule is Cc1cc(N2CCCC2)ccc1NC(=O)COc1ccc(Cl)c(Cl)c1. The number of amides is 1. The van der Waals surface area contributed by atoms with Gasteiger partial charge in [-0.15, -0.1) is 0 Å². The van der Waals surface area contributed by atoms with Gasteiger partial charge in [-0.2, -0.15) is 0 Å². The monoisotopic (exact) mass is 378 g/mol. The van der Waals surface area contributed by atoms with Crippen LogP contribution in [-0.2, 0) is 4.79 Å². The Hall–Kier alpha value is -1.91. The molecule has 1 amide bonds. The molecule has 0 aromatic heterocycles. The van der Waals surface area contributed by atoms with Crippen LogP contribution < -0.4 is 15.0 Å². The number of benzene rings is 2. The molecule has 4 nitrogen and oxygen atoms in total. The summed E-state index contributed by atoms with van der Waals surface area (Å²) >= 11 is 11.8. The zero-order chi connectivity index (χ0) is 17.8. The molecule has 25 heavy (non-hydrogen) atoms. The number of carbonyl (C=O) groups excluding carboxylic acids is 1. The number of nitrogens with one attached hydrogen (secondary N) is 1. The Kier molecular flexibility index (Phi) is 5.71. The van der Waals surface area contributed by atoms with E-state index in [4.69, 9.17) is 27.9 Å². The molecular formula is C19H20Cl2N2O2. The van der Waals surface area contributed by atoms with Gasteiger partial charge in [0.15, 0.2) is 6.61 Å². The molecule has 0 spiro atoms. The van der Waals surface area contributed by atoms with Gasteiger partial charge in [0, 0.05) is 30.5 Å². The van der Waals surface area contributed by atoms with Gasteiger partial charge in [0.25, 0.3) is 5.91 Å². The molecule has 1 aliphatic heterocycles. The van der Waals surface area contributed by atoms with E-state index in [1.807, 2.05) is 19.1 Å². The van der Waals surface area contributed by atoms with Crippen molar-refractivity contribution in [3.8, 4) is 5.75 Å². The van der Waals surface area contributed by atoms with Crippen LogP contribution in [0.2, 0.25) is 10.0 Å². The molecule has 3 rings (SSSR count). The number of ether oxygens (including phenoxy) is 1. The zero-order valence-corrected chi connectivity index (χ0v) is 15.5. The first-order valence-electron chi connectivity index (χ1n) is 8.26. The smallest absolute Gasteiger partial charge is 0.262 e. The van der Waals surface area contributed by atoms with E-state index < -0.39 is 0 Å². The Bertz CT molecular complexity index is 774. The average molecular weight is 379 g/mol. The van der Waals surface area contributed by atoms with Crippen LogP contribution in [-0.4, -0.2) is 25.6 Å². The summed E-state index contributed by atoms with van der Waals surface area (Å²) in [5.74, 6) is 0.286. The summed E-state index contributed by atoms with van der Waals surface area (Å²) in [5.41, 5.74) is 3.04. The van der Waals surface area contributed by atoms with Gasteiger partial charge in [0.2, 0.25) is 0 Å². The Morgan fingerprint density at radius 1 is 1.12 bits per heavy atom. The van der Waals surface area contributed by atoms with Crippen molar-refractivity contribution in [3.05, 3.63) is 52.0 Å². The van der Waals surface area contributed by atoms with Gasteiger partial charge in [-0.05, 0) is 55.7 Å². The van der Waals surface area contributed by atoms with Gasteiger partial charge in [-0.1, -0.05) is 23.2 Å². The summed E-state index contributed by atoms with van der Waals surface area (Å²) in [4.78, 5) is 14.5. The molecule has 0 saturated carbocycles.